The number of amides is 1. The van der Waals surface area contributed by atoms with Crippen molar-refractivity contribution >= 4 is 34.7 Å². The molecule has 40 heavy (non-hydrogen) atoms. The van der Waals surface area contributed by atoms with Crippen molar-refractivity contribution in [3.8, 4) is 5.88 Å². The van der Waals surface area contributed by atoms with E-state index < -0.39 is 23.5 Å². The quantitative estimate of drug-likeness (QED) is 0.226. The van der Waals surface area contributed by atoms with Crippen LogP contribution in [-0.2, 0) is 30.9 Å². The van der Waals surface area contributed by atoms with E-state index in [2.05, 4.69) is 42.6 Å². The van der Waals surface area contributed by atoms with Crippen LogP contribution >= 0.6 is 0 Å². The van der Waals surface area contributed by atoms with Crippen LogP contribution in [-0.4, -0.2) is 37.7 Å². The van der Waals surface area contributed by atoms with E-state index in [0.717, 1.165) is 17.2 Å². The Morgan fingerprint density at radius 1 is 1.05 bits per heavy atom. The summed E-state index contributed by atoms with van der Waals surface area (Å²) in [5, 5.41) is 12.5. The number of halogens is 3. The average Bonchev–Trinajstić information content (AvgIpc) is 3.34. The van der Waals surface area contributed by atoms with Crippen molar-refractivity contribution in [1.29, 1.82) is 0 Å². The van der Waals surface area contributed by atoms with Crippen molar-refractivity contribution in [2.24, 2.45) is 7.05 Å². The zero-order chi connectivity index (χ0) is 28.9. The van der Waals surface area contributed by atoms with Crippen LogP contribution < -0.4 is 20.7 Å². The van der Waals surface area contributed by atoms with Gasteiger partial charge < -0.3 is 20.7 Å². The lowest BCUT2D eigenvalue weighted by Crippen LogP contribution is -2.14. The Balaban J connectivity index is 1.67. The van der Waals surface area contributed by atoms with Gasteiger partial charge in [0, 0.05) is 31.7 Å². The average molecular weight is 553 g/mol. The molecule has 3 N–H and O–H groups in total. The second kappa shape index (κ2) is 11.8. The molecular weight excluding hydrogens is 525 g/mol. The molecule has 0 bridgehead atoms. The lowest BCUT2D eigenvalue weighted by molar-refractivity contribution is -0.137. The third-order valence-corrected chi connectivity index (χ3v) is 5.87. The number of nitrogens with zero attached hydrogens (tertiary/aromatic N) is 5. The summed E-state index contributed by atoms with van der Waals surface area (Å²) < 4.78 is 48.6. The maximum atomic E-state index is 13.9. The molecule has 13 heteroatoms. The second-order valence-electron chi connectivity index (χ2n) is 8.84. The first-order valence-electron chi connectivity index (χ1n) is 12.1. The summed E-state index contributed by atoms with van der Waals surface area (Å²) >= 11 is 0. The highest BCUT2D eigenvalue weighted by molar-refractivity contribution is 6.01. The molecule has 0 radical (unpaired) electrons. The van der Waals surface area contributed by atoms with Crippen molar-refractivity contribution in [1.82, 2.24) is 24.7 Å². The number of rotatable bonds is 10. The standard InChI is InChI=1S/C27H27F3N8O2/c1-5-23(39)34-22-10-17(6-7-18-13-33-38(3)15-18)8-9-20(22)35-25-19(27(28,29)30)14-32-26(37-25)36-21-11-24(40-4)31-12-16(21)2/h5,8-15H,1,6-7H2,2-4H3,(H,34,39)(H2,31,32,35,36,37). The first kappa shape index (κ1) is 28.1. The van der Waals surface area contributed by atoms with Gasteiger partial charge in [-0.3, -0.25) is 9.48 Å². The topological polar surface area (TPSA) is 119 Å². The third kappa shape index (κ3) is 6.92. The molecule has 10 nitrogen and oxygen atoms in total. The van der Waals surface area contributed by atoms with E-state index in [0.29, 0.717) is 36.2 Å². The van der Waals surface area contributed by atoms with Crippen LogP contribution in [0, 0.1) is 6.92 Å². The van der Waals surface area contributed by atoms with Crippen molar-refractivity contribution in [2.75, 3.05) is 23.1 Å². The third-order valence-electron chi connectivity index (χ3n) is 5.87. The van der Waals surface area contributed by atoms with E-state index in [1.54, 1.807) is 48.3 Å². The van der Waals surface area contributed by atoms with Gasteiger partial charge in [0.15, 0.2) is 0 Å². The molecule has 3 aromatic heterocycles. The highest BCUT2D eigenvalue weighted by Crippen LogP contribution is 2.37. The van der Waals surface area contributed by atoms with E-state index in [1.165, 1.54) is 7.11 Å². The van der Waals surface area contributed by atoms with E-state index in [9.17, 15) is 18.0 Å². The largest absolute Gasteiger partial charge is 0.481 e. The Morgan fingerprint density at radius 3 is 2.50 bits per heavy atom. The van der Waals surface area contributed by atoms with Gasteiger partial charge in [-0.25, -0.2) is 9.97 Å². The number of ether oxygens (including phenoxy) is 1. The second-order valence-corrected chi connectivity index (χ2v) is 8.84. The van der Waals surface area contributed by atoms with Gasteiger partial charge in [-0.2, -0.15) is 23.3 Å². The maximum absolute atomic E-state index is 13.9. The SMILES string of the molecule is C=CC(=O)Nc1cc(CCc2cnn(C)c2)ccc1Nc1nc(Nc2cc(OC)ncc2C)ncc1C(F)(F)F. The summed E-state index contributed by atoms with van der Waals surface area (Å²) in [6.07, 6.45) is 3.54. The molecule has 0 atom stereocenters. The summed E-state index contributed by atoms with van der Waals surface area (Å²) in [6.45, 7) is 5.22. The zero-order valence-electron chi connectivity index (χ0n) is 22.0. The summed E-state index contributed by atoms with van der Waals surface area (Å²) in [5.74, 6) is -0.794. The molecule has 4 rings (SSSR count). The number of hydrogen-bond acceptors (Lipinski definition) is 8. The van der Waals surface area contributed by atoms with Gasteiger partial charge in [0.1, 0.15) is 11.4 Å². The summed E-state index contributed by atoms with van der Waals surface area (Å²) in [7, 11) is 3.27. The van der Waals surface area contributed by atoms with Crippen LogP contribution in [0.1, 0.15) is 22.3 Å². The van der Waals surface area contributed by atoms with Crippen LogP contribution in [0.5, 0.6) is 5.88 Å². The Labute approximate surface area is 228 Å². The van der Waals surface area contributed by atoms with Gasteiger partial charge in [-0.1, -0.05) is 12.6 Å². The number of aromatic nitrogens is 5. The highest BCUT2D eigenvalue weighted by atomic mass is 19.4. The molecule has 0 saturated heterocycles. The fourth-order valence-corrected chi connectivity index (χ4v) is 3.78. The molecule has 208 valence electrons. The molecule has 1 aromatic carbocycles. The number of anilines is 5. The van der Waals surface area contributed by atoms with Gasteiger partial charge in [-0.05, 0) is 54.7 Å². The van der Waals surface area contributed by atoms with Gasteiger partial charge >= 0.3 is 6.18 Å². The number of pyridine rings is 1. The molecule has 0 saturated carbocycles. The minimum absolute atomic E-state index is 0.0865. The van der Waals surface area contributed by atoms with Gasteiger partial charge in [-0.15, -0.1) is 0 Å². The fraction of sp³-hybridized carbons (Fsp3) is 0.222. The first-order chi connectivity index (χ1) is 19.0. The Bertz CT molecular complexity index is 1530. The number of benzene rings is 1. The van der Waals surface area contributed by atoms with Crippen molar-refractivity contribution < 1.29 is 22.7 Å². The van der Waals surface area contributed by atoms with Crippen LogP contribution in [0.15, 0.2) is 61.7 Å². The van der Waals surface area contributed by atoms with Crippen molar-refractivity contribution in [2.45, 2.75) is 25.9 Å². The molecule has 4 aromatic rings. The van der Waals surface area contributed by atoms with Crippen LogP contribution in [0.3, 0.4) is 0 Å². The number of hydrogen-bond donors (Lipinski definition) is 3. The predicted octanol–water partition coefficient (Wildman–Crippen LogP) is 5.34. The first-order valence-corrected chi connectivity index (χ1v) is 12.1. The normalized spacial score (nSPS) is 11.2. The molecule has 0 fully saturated rings. The predicted molar refractivity (Wildman–Crippen MR) is 145 cm³/mol. The van der Waals surface area contributed by atoms with Gasteiger partial charge in [0.05, 0.1) is 30.4 Å². The number of carbonyl (C=O) groups excluding carboxylic acids is 1. The minimum atomic E-state index is -4.75. The van der Waals surface area contributed by atoms with Crippen LogP contribution in [0.4, 0.5) is 42.0 Å². The molecule has 0 unspecified atom stereocenters. The Kier molecular flexibility index (Phi) is 8.31. The molecule has 3 heterocycles. The van der Waals surface area contributed by atoms with E-state index in [4.69, 9.17) is 4.74 Å². The van der Waals surface area contributed by atoms with Crippen LogP contribution in [0.25, 0.3) is 0 Å². The minimum Gasteiger partial charge on any atom is -0.481 e. The lowest BCUT2D eigenvalue weighted by Gasteiger charge is -2.18. The van der Waals surface area contributed by atoms with Gasteiger partial charge in [0.25, 0.3) is 0 Å². The fourth-order valence-electron chi connectivity index (χ4n) is 3.78. The number of methoxy groups -OCH3 is 1. The summed E-state index contributed by atoms with van der Waals surface area (Å²) in [4.78, 5) is 24.2. The zero-order valence-corrected chi connectivity index (χ0v) is 22.0. The summed E-state index contributed by atoms with van der Waals surface area (Å²) in [6, 6.07) is 6.63. The molecule has 0 aliphatic carbocycles. The highest BCUT2D eigenvalue weighted by Gasteiger charge is 2.35. The lowest BCUT2D eigenvalue weighted by atomic mass is 10.1. The maximum Gasteiger partial charge on any atom is 0.421 e. The molecule has 0 spiro atoms. The molecular formula is C27H27F3N8O2. The Hall–Kier alpha value is -4.94. The van der Waals surface area contributed by atoms with Crippen molar-refractivity contribution in [3.05, 3.63) is 84.0 Å². The number of nitrogens with one attached hydrogen (secondary N) is 3. The van der Waals surface area contributed by atoms with E-state index in [1.807, 2.05) is 13.2 Å². The summed E-state index contributed by atoms with van der Waals surface area (Å²) in [5.41, 5.74) is 2.49. The van der Waals surface area contributed by atoms with E-state index >= 15 is 0 Å². The Morgan fingerprint density at radius 2 is 1.82 bits per heavy atom. The number of alkyl halides is 3. The molecule has 1 amide bonds. The van der Waals surface area contributed by atoms with Gasteiger partial charge in [0.2, 0.25) is 17.7 Å². The molecule has 0 aliphatic rings. The van der Waals surface area contributed by atoms with E-state index in [-0.39, 0.29) is 17.3 Å². The molecule has 0 aliphatic heterocycles. The number of carbonyl (C=O) groups is 1. The number of aryl methyl sites for hydroxylation is 4. The van der Waals surface area contributed by atoms with Crippen molar-refractivity contribution in [3.63, 3.8) is 0 Å². The smallest absolute Gasteiger partial charge is 0.421 e. The monoisotopic (exact) mass is 552 g/mol. The van der Waals surface area contributed by atoms with Crippen LogP contribution in [0.2, 0.25) is 0 Å².